The lowest BCUT2D eigenvalue weighted by atomic mass is 10.1. The lowest BCUT2D eigenvalue weighted by Gasteiger charge is -2.21. The molecule has 1 saturated heterocycles. The van der Waals surface area contributed by atoms with Gasteiger partial charge in [0.15, 0.2) is 0 Å². The largest absolute Gasteiger partial charge is 0.330 e. The van der Waals surface area contributed by atoms with Crippen LogP contribution >= 0.6 is 12.4 Å². The Morgan fingerprint density at radius 3 is 2.60 bits per heavy atom. The zero-order valence-electron chi connectivity index (χ0n) is 12.0. The highest BCUT2D eigenvalue weighted by molar-refractivity contribution is 5.85. The maximum absolute atomic E-state index is 5.80. The van der Waals surface area contributed by atoms with Gasteiger partial charge in [0.05, 0.1) is 0 Å². The molecule has 2 aromatic rings. The van der Waals surface area contributed by atoms with E-state index in [9.17, 15) is 0 Å². The molecule has 0 spiro atoms. The molecular weight excluding hydrogens is 268 g/mol. The van der Waals surface area contributed by atoms with Gasteiger partial charge in [0.1, 0.15) is 0 Å². The van der Waals surface area contributed by atoms with Crippen LogP contribution in [0.1, 0.15) is 18.9 Å². The van der Waals surface area contributed by atoms with Crippen molar-refractivity contribution in [1.29, 1.82) is 0 Å². The molecule has 0 saturated carbocycles. The van der Waals surface area contributed by atoms with Crippen LogP contribution in [0.5, 0.6) is 0 Å². The maximum Gasteiger partial charge on any atom is 0.0236 e. The smallest absolute Gasteiger partial charge is 0.0236 e. The number of fused-ring (bicyclic) bond motifs is 1. The number of nitrogens with two attached hydrogens (primary N) is 1. The Labute approximate surface area is 127 Å². The molecule has 2 nitrogen and oxygen atoms in total. The minimum atomic E-state index is 0. The zero-order valence-corrected chi connectivity index (χ0v) is 12.8. The molecule has 0 amide bonds. The van der Waals surface area contributed by atoms with Crippen LogP contribution in [0.4, 0.5) is 0 Å². The molecule has 1 heterocycles. The fraction of sp³-hybridized carbons (Fsp3) is 0.412. The average molecular weight is 291 g/mol. The van der Waals surface area contributed by atoms with Crippen molar-refractivity contribution in [3.63, 3.8) is 0 Å². The van der Waals surface area contributed by atoms with Crippen LogP contribution in [-0.2, 0) is 6.54 Å². The molecular formula is C17H23ClN2. The number of halogens is 1. The molecule has 1 aliphatic rings. The second-order valence-electron chi connectivity index (χ2n) is 5.80. The van der Waals surface area contributed by atoms with E-state index in [1.807, 2.05) is 0 Å². The molecule has 0 aliphatic carbocycles. The summed E-state index contributed by atoms with van der Waals surface area (Å²) in [6, 6.07) is 16.0. The van der Waals surface area contributed by atoms with Gasteiger partial charge in [-0.25, -0.2) is 0 Å². The second kappa shape index (κ2) is 6.57. The molecule has 0 bridgehead atoms. The highest BCUT2D eigenvalue weighted by atomic mass is 35.5. The van der Waals surface area contributed by atoms with Crippen LogP contribution in [0.25, 0.3) is 10.8 Å². The summed E-state index contributed by atoms with van der Waals surface area (Å²) in [5, 5.41) is 2.66. The van der Waals surface area contributed by atoms with Crippen molar-refractivity contribution in [1.82, 2.24) is 4.90 Å². The third kappa shape index (κ3) is 3.14. The lowest BCUT2D eigenvalue weighted by molar-refractivity contribution is 0.256. The molecule has 108 valence electrons. The Hall–Kier alpha value is -1.09. The minimum Gasteiger partial charge on any atom is -0.330 e. The third-order valence-electron chi connectivity index (χ3n) is 4.32. The number of nitrogens with zero attached hydrogens (tertiary/aromatic N) is 1. The highest BCUT2D eigenvalue weighted by Crippen LogP contribution is 2.25. The van der Waals surface area contributed by atoms with Crippen molar-refractivity contribution >= 4 is 23.2 Å². The van der Waals surface area contributed by atoms with Crippen molar-refractivity contribution in [3.05, 3.63) is 48.0 Å². The van der Waals surface area contributed by atoms with Crippen LogP contribution in [0.2, 0.25) is 0 Å². The summed E-state index contributed by atoms with van der Waals surface area (Å²) in [6.45, 7) is 5.32. The predicted molar refractivity (Wildman–Crippen MR) is 88.2 cm³/mol. The van der Waals surface area contributed by atoms with Crippen molar-refractivity contribution in [2.75, 3.05) is 13.1 Å². The van der Waals surface area contributed by atoms with E-state index in [0.29, 0.717) is 12.0 Å². The molecule has 0 radical (unpaired) electrons. The maximum atomic E-state index is 5.80. The van der Waals surface area contributed by atoms with E-state index in [4.69, 9.17) is 5.73 Å². The second-order valence-corrected chi connectivity index (χ2v) is 5.80. The Morgan fingerprint density at radius 2 is 1.90 bits per heavy atom. The summed E-state index contributed by atoms with van der Waals surface area (Å²) in [7, 11) is 0. The summed E-state index contributed by atoms with van der Waals surface area (Å²) in [6.07, 6.45) is 1.24. The molecule has 3 heteroatoms. The fourth-order valence-corrected chi connectivity index (χ4v) is 3.18. The van der Waals surface area contributed by atoms with Crippen molar-refractivity contribution < 1.29 is 0 Å². The molecule has 0 aromatic heterocycles. The summed E-state index contributed by atoms with van der Waals surface area (Å²) in [5.41, 5.74) is 7.21. The highest BCUT2D eigenvalue weighted by Gasteiger charge is 2.27. The van der Waals surface area contributed by atoms with E-state index in [1.54, 1.807) is 0 Å². The summed E-state index contributed by atoms with van der Waals surface area (Å²) >= 11 is 0. The van der Waals surface area contributed by atoms with E-state index >= 15 is 0 Å². The van der Waals surface area contributed by atoms with Crippen molar-refractivity contribution in [2.45, 2.75) is 25.9 Å². The van der Waals surface area contributed by atoms with E-state index in [0.717, 1.165) is 19.6 Å². The Morgan fingerprint density at radius 1 is 1.15 bits per heavy atom. The van der Waals surface area contributed by atoms with Gasteiger partial charge in [-0.15, -0.1) is 12.4 Å². The fourth-order valence-electron chi connectivity index (χ4n) is 3.18. The van der Waals surface area contributed by atoms with Crippen LogP contribution in [0, 0.1) is 5.92 Å². The first-order valence-corrected chi connectivity index (χ1v) is 7.18. The first-order chi connectivity index (χ1) is 9.26. The Balaban J connectivity index is 0.00000147. The topological polar surface area (TPSA) is 29.3 Å². The Bertz CT molecular complexity index is 570. The van der Waals surface area contributed by atoms with Gasteiger partial charge in [0, 0.05) is 19.1 Å². The normalized spacial score (nSPS) is 22.9. The lowest BCUT2D eigenvalue weighted by Crippen LogP contribution is -2.27. The zero-order chi connectivity index (χ0) is 13.2. The SMILES string of the molecule is CC1CC(CN)CN1Cc1ccc2ccccc2c1.Cl. The average Bonchev–Trinajstić information content (AvgIpc) is 2.79. The molecule has 2 aromatic carbocycles. The van der Waals surface area contributed by atoms with E-state index in [1.165, 1.54) is 22.8 Å². The predicted octanol–water partition coefficient (Wildman–Crippen LogP) is 3.43. The molecule has 2 unspecified atom stereocenters. The van der Waals surface area contributed by atoms with Gasteiger partial charge >= 0.3 is 0 Å². The number of hydrogen-bond donors (Lipinski definition) is 1. The van der Waals surface area contributed by atoms with Gasteiger partial charge in [-0.05, 0) is 48.2 Å². The Kier molecular flexibility index (Phi) is 5.03. The van der Waals surface area contributed by atoms with Crippen molar-refractivity contribution in [2.24, 2.45) is 11.7 Å². The van der Waals surface area contributed by atoms with E-state index in [-0.39, 0.29) is 12.4 Å². The van der Waals surface area contributed by atoms with Crippen LogP contribution in [-0.4, -0.2) is 24.0 Å². The van der Waals surface area contributed by atoms with Crippen molar-refractivity contribution in [3.8, 4) is 0 Å². The number of hydrogen-bond acceptors (Lipinski definition) is 2. The van der Waals surface area contributed by atoms with E-state index in [2.05, 4.69) is 54.3 Å². The van der Waals surface area contributed by atoms with Gasteiger partial charge in [-0.1, -0.05) is 36.4 Å². The molecule has 20 heavy (non-hydrogen) atoms. The van der Waals surface area contributed by atoms with E-state index < -0.39 is 0 Å². The number of rotatable bonds is 3. The molecule has 1 aliphatic heterocycles. The van der Waals surface area contributed by atoms with Gasteiger partial charge < -0.3 is 5.73 Å². The third-order valence-corrected chi connectivity index (χ3v) is 4.32. The molecule has 1 fully saturated rings. The summed E-state index contributed by atoms with van der Waals surface area (Å²) < 4.78 is 0. The van der Waals surface area contributed by atoms with Gasteiger partial charge in [0.2, 0.25) is 0 Å². The standard InChI is InChI=1S/C17H22N2.ClH/c1-13-8-15(10-18)12-19(13)11-14-6-7-16-4-2-3-5-17(16)9-14;/h2-7,9,13,15H,8,10-12,18H2,1H3;1H. The minimum absolute atomic E-state index is 0. The number of benzene rings is 2. The van der Waals surface area contributed by atoms with Crippen LogP contribution in [0.15, 0.2) is 42.5 Å². The van der Waals surface area contributed by atoms with Gasteiger partial charge in [-0.2, -0.15) is 0 Å². The number of likely N-dealkylation sites (tertiary alicyclic amines) is 1. The summed E-state index contributed by atoms with van der Waals surface area (Å²) in [4.78, 5) is 2.56. The van der Waals surface area contributed by atoms with Gasteiger partial charge in [0.25, 0.3) is 0 Å². The first kappa shape index (κ1) is 15.3. The van der Waals surface area contributed by atoms with Gasteiger partial charge in [-0.3, -0.25) is 4.90 Å². The quantitative estimate of drug-likeness (QED) is 0.938. The first-order valence-electron chi connectivity index (χ1n) is 7.18. The van der Waals surface area contributed by atoms with Crippen LogP contribution in [0.3, 0.4) is 0 Å². The monoisotopic (exact) mass is 290 g/mol. The van der Waals surface area contributed by atoms with Crippen LogP contribution < -0.4 is 5.73 Å². The summed E-state index contributed by atoms with van der Waals surface area (Å²) in [5.74, 6) is 0.676. The molecule has 2 atom stereocenters. The molecule has 3 rings (SSSR count). The molecule has 2 N–H and O–H groups in total.